The number of carbonyl (C=O) groups is 2. The van der Waals surface area contributed by atoms with Crippen molar-refractivity contribution >= 4 is 11.8 Å². The van der Waals surface area contributed by atoms with Crippen molar-refractivity contribution in [2.75, 3.05) is 20.1 Å². The Balaban J connectivity index is 1.26. The minimum atomic E-state index is -0.782. The van der Waals surface area contributed by atoms with E-state index in [1.807, 2.05) is 84.7 Å². The number of hydroxylamine groups is 1. The summed E-state index contributed by atoms with van der Waals surface area (Å²) in [5.74, 6) is -0.459. The van der Waals surface area contributed by atoms with Gasteiger partial charge in [0.25, 0.3) is 0 Å². The number of amides is 2. The largest absolute Gasteiger partial charge is 0.508 e. The number of aromatic hydroxyl groups is 1. The number of unbranched alkanes of at least 4 members (excludes halogenated alkanes) is 1. The van der Waals surface area contributed by atoms with Crippen LogP contribution in [-0.2, 0) is 32.2 Å². The number of likely N-dealkylation sites (N-methyl/N-ethyl adjacent to an activating group) is 1. The topological polar surface area (TPSA) is 161 Å². The first-order valence-electron chi connectivity index (χ1n) is 17.3. The molecule has 1 heterocycles. The van der Waals surface area contributed by atoms with Crippen LogP contribution in [0, 0.1) is 0 Å². The molecule has 0 bridgehead atoms. The number of ether oxygens (including phenoxy) is 2. The van der Waals surface area contributed by atoms with Crippen LogP contribution in [0.25, 0.3) is 11.1 Å². The first kappa shape index (κ1) is 37.6. The van der Waals surface area contributed by atoms with Crippen LogP contribution in [0.2, 0.25) is 0 Å². The van der Waals surface area contributed by atoms with Crippen LogP contribution in [0.1, 0.15) is 78.4 Å². The molecule has 1 aliphatic heterocycles. The summed E-state index contributed by atoms with van der Waals surface area (Å²) in [5, 5.41) is 41.8. The Bertz CT molecular complexity index is 1720. The van der Waals surface area contributed by atoms with E-state index in [1.165, 1.54) is 0 Å². The number of phenols is 1. The van der Waals surface area contributed by atoms with Crippen molar-refractivity contribution in [3.05, 3.63) is 125 Å². The summed E-state index contributed by atoms with van der Waals surface area (Å²) in [4.78, 5) is 25.7. The first-order valence-corrected chi connectivity index (χ1v) is 17.3. The molecular weight excluding hydrogens is 650 g/mol. The van der Waals surface area contributed by atoms with Gasteiger partial charge in [-0.25, -0.2) is 5.48 Å². The number of rotatable bonds is 16. The lowest BCUT2D eigenvalue weighted by atomic mass is 9.97. The average Bonchev–Trinajstić information content (AvgIpc) is 3.15. The highest BCUT2D eigenvalue weighted by Crippen LogP contribution is 2.39. The fraction of sp³-hybridized carbons (Fsp3) is 0.350. The third-order valence-corrected chi connectivity index (χ3v) is 9.04. The molecule has 1 saturated heterocycles. The summed E-state index contributed by atoms with van der Waals surface area (Å²) in [6, 6.07) is 30.3. The Morgan fingerprint density at radius 2 is 1.59 bits per heavy atom. The fourth-order valence-corrected chi connectivity index (χ4v) is 6.27. The van der Waals surface area contributed by atoms with Crippen LogP contribution in [0.3, 0.4) is 0 Å². The van der Waals surface area contributed by atoms with E-state index in [2.05, 4.69) is 5.32 Å². The van der Waals surface area contributed by atoms with E-state index in [1.54, 1.807) is 29.7 Å². The Labute approximate surface area is 298 Å². The van der Waals surface area contributed by atoms with Gasteiger partial charge in [-0.15, -0.1) is 0 Å². The molecule has 6 N–H and O–H groups in total. The van der Waals surface area contributed by atoms with E-state index in [0.29, 0.717) is 50.9 Å². The second kappa shape index (κ2) is 18.6. The van der Waals surface area contributed by atoms with Crippen LogP contribution in [-0.4, -0.2) is 63.5 Å². The van der Waals surface area contributed by atoms with Crippen LogP contribution in [0.15, 0.2) is 97.1 Å². The van der Waals surface area contributed by atoms with Gasteiger partial charge in [-0.05, 0) is 65.4 Å². The van der Waals surface area contributed by atoms with Crippen molar-refractivity contribution in [1.29, 1.82) is 0 Å². The summed E-state index contributed by atoms with van der Waals surface area (Å²) >= 11 is 0. The van der Waals surface area contributed by atoms with Gasteiger partial charge in [-0.1, -0.05) is 84.9 Å². The van der Waals surface area contributed by atoms with E-state index in [0.717, 1.165) is 33.4 Å². The average molecular weight is 698 g/mol. The molecule has 11 nitrogen and oxygen atoms in total. The molecule has 11 heteroatoms. The van der Waals surface area contributed by atoms with E-state index < -0.39 is 18.3 Å². The maximum absolute atomic E-state index is 12.5. The zero-order valence-electron chi connectivity index (χ0n) is 28.8. The molecule has 0 spiro atoms. The van der Waals surface area contributed by atoms with Gasteiger partial charge in [0.2, 0.25) is 11.8 Å². The lowest BCUT2D eigenvalue weighted by Crippen LogP contribution is -2.39. The number of aliphatic hydroxyl groups is 2. The van der Waals surface area contributed by atoms with E-state index in [-0.39, 0.29) is 36.9 Å². The third kappa shape index (κ3) is 10.9. The molecule has 0 aliphatic carbocycles. The molecule has 1 aliphatic rings. The molecule has 0 saturated carbocycles. The van der Waals surface area contributed by atoms with Crippen LogP contribution in [0.4, 0.5) is 0 Å². The van der Waals surface area contributed by atoms with Crippen molar-refractivity contribution in [2.45, 2.75) is 69.9 Å². The lowest BCUT2D eigenvalue weighted by molar-refractivity contribution is -0.252. The monoisotopic (exact) mass is 697 g/mol. The molecule has 0 radical (unpaired) electrons. The number of aliphatic hydroxyl groups excluding tert-OH is 2. The SMILES string of the molecule is CN(CC1CC(c2ccc(CO)cc2)OC(c2ccc(-c3ccccc3CNC(=O)CCCCC(=O)NO)cc2)O1)CC(O)c1cccc(O)c1. The predicted octanol–water partition coefficient (Wildman–Crippen LogP) is 5.44. The van der Waals surface area contributed by atoms with Gasteiger partial charge < -0.3 is 35.0 Å². The Hall–Kier alpha value is -4.62. The van der Waals surface area contributed by atoms with Crippen LogP contribution >= 0.6 is 0 Å². The number of nitrogens with one attached hydrogen (secondary N) is 2. The van der Waals surface area contributed by atoms with Crippen molar-refractivity contribution in [2.24, 2.45) is 0 Å². The molecule has 0 aromatic heterocycles. The predicted molar refractivity (Wildman–Crippen MR) is 191 cm³/mol. The minimum Gasteiger partial charge on any atom is -0.508 e. The molecule has 1 fully saturated rings. The van der Waals surface area contributed by atoms with E-state index in [4.69, 9.17) is 14.7 Å². The highest BCUT2D eigenvalue weighted by molar-refractivity contribution is 5.77. The Morgan fingerprint density at radius 1 is 0.882 bits per heavy atom. The van der Waals surface area contributed by atoms with Gasteiger partial charge in [-0.2, -0.15) is 0 Å². The van der Waals surface area contributed by atoms with Gasteiger partial charge in [-0.3, -0.25) is 14.8 Å². The maximum atomic E-state index is 12.5. The highest BCUT2D eigenvalue weighted by Gasteiger charge is 2.33. The molecule has 270 valence electrons. The second-order valence-corrected chi connectivity index (χ2v) is 13.0. The summed E-state index contributed by atoms with van der Waals surface area (Å²) in [7, 11) is 1.93. The van der Waals surface area contributed by atoms with E-state index in [9.17, 15) is 24.9 Å². The number of phenolic OH excluding ortho intramolecular Hbond substituents is 1. The lowest BCUT2D eigenvalue weighted by Gasteiger charge is -2.38. The number of nitrogens with zero attached hydrogens (tertiary/aromatic N) is 1. The van der Waals surface area contributed by atoms with Crippen molar-refractivity contribution < 1.29 is 39.6 Å². The molecule has 4 aromatic carbocycles. The number of carbonyl (C=O) groups excluding carboxylic acids is 2. The maximum Gasteiger partial charge on any atom is 0.243 e. The van der Waals surface area contributed by atoms with Crippen LogP contribution < -0.4 is 10.8 Å². The van der Waals surface area contributed by atoms with Gasteiger partial charge in [0.15, 0.2) is 6.29 Å². The fourth-order valence-electron chi connectivity index (χ4n) is 6.27. The zero-order valence-corrected chi connectivity index (χ0v) is 28.8. The van der Waals surface area contributed by atoms with Gasteiger partial charge in [0, 0.05) is 44.5 Å². The summed E-state index contributed by atoms with van der Waals surface area (Å²) in [6.45, 7) is 1.20. The molecule has 4 unspecified atom stereocenters. The zero-order chi connectivity index (χ0) is 36.2. The number of benzene rings is 4. The van der Waals surface area contributed by atoms with Crippen LogP contribution in [0.5, 0.6) is 5.75 Å². The smallest absolute Gasteiger partial charge is 0.243 e. The van der Waals surface area contributed by atoms with Crippen molar-refractivity contribution in [3.8, 4) is 16.9 Å². The normalized spacial score (nSPS) is 17.9. The van der Waals surface area contributed by atoms with Gasteiger partial charge in [0.05, 0.1) is 24.9 Å². The van der Waals surface area contributed by atoms with E-state index >= 15 is 0 Å². The minimum absolute atomic E-state index is 0.0400. The van der Waals surface area contributed by atoms with Gasteiger partial charge in [0.1, 0.15) is 5.75 Å². The van der Waals surface area contributed by atoms with Gasteiger partial charge >= 0.3 is 0 Å². The molecule has 2 amide bonds. The summed E-state index contributed by atoms with van der Waals surface area (Å²) in [5.41, 5.74) is 7.82. The molecule has 4 aromatic rings. The Morgan fingerprint density at radius 3 is 2.29 bits per heavy atom. The molecule has 51 heavy (non-hydrogen) atoms. The number of hydrogen-bond acceptors (Lipinski definition) is 9. The number of hydrogen-bond donors (Lipinski definition) is 6. The molecular formula is C40H47N3O8. The molecule has 4 atom stereocenters. The first-order chi connectivity index (χ1) is 24.7. The quantitative estimate of drug-likeness (QED) is 0.0509. The Kier molecular flexibility index (Phi) is 13.7. The molecule has 5 rings (SSSR count). The summed E-state index contributed by atoms with van der Waals surface area (Å²) < 4.78 is 13.1. The van der Waals surface area contributed by atoms with Crippen molar-refractivity contribution in [3.63, 3.8) is 0 Å². The standard InChI is InChI=1S/C40H47N3O8/c1-43(25-36(46)31-8-6-9-33(45)21-31)24-34-22-37(29-15-13-27(26-44)14-16-29)51-40(50-34)30-19-17-28(18-20-30)35-10-3-2-7-32(35)23-41-38(47)11-4-5-12-39(48)42-49/h2-3,6-10,13-21,34,36-37,40,44-46,49H,4-5,11-12,22-26H2,1H3,(H,41,47)(H,42,48). The highest BCUT2D eigenvalue weighted by atomic mass is 16.7. The second-order valence-electron chi connectivity index (χ2n) is 13.0. The van der Waals surface area contributed by atoms with Crippen molar-refractivity contribution in [1.82, 2.24) is 15.7 Å². The summed E-state index contributed by atoms with van der Waals surface area (Å²) in [6.07, 6.45) is 0.190. The third-order valence-electron chi connectivity index (χ3n) is 9.04.